The van der Waals surface area contributed by atoms with E-state index in [9.17, 15) is 9.90 Å². The van der Waals surface area contributed by atoms with Crippen molar-refractivity contribution in [1.82, 2.24) is 0 Å². The molecule has 0 saturated carbocycles. The van der Waals surface area contributed by atoms with Crippen LogP contribution in [-0.4, -0.2) is 29.4 Å². The molecule has 0 atom stereocenters. The fraction of sp³-hybridized carbons (Fsp3) is 0.394. The molecule has 75 heavy (non-hydrogen) atoms. The zero-order chi connectivity index (χ0) is 53.2. The number of benzene rings is 6. The Kier molecular flexibility index (Phi) is 12.1. The predicted octanol–water partition coefficient (Wildman–Crippen LogP) is 6.56. The van der Waals surface area contributed by atoms with Gasteiger partial charge in [-0.2, -0.15) is 0 Å². The minimum atomic E-state index is -0.742. The quantitative estimate of drug-likeness (QED) is 0.103. The third kappa shape index (κ3) is 8.10. The first-order valence-electron chi connectivity index (χ1n) is 27.6. The minimum Gasteiger partial charge on any atom is -0.871 e. The van der Waals surface area contributed by atoms with Gasteiger partial charge in [0.2, 0.25) is 22.0 Å². The minimum absolute atomic E-state index is 0.140. The number of carbonyl (C=O) groups excluding carboxylic acids is 2. The van der Waals surface area contributed by atoms with Crippen LogP contribution in [0.25, 0.3) is 49.0 Å². The van der Waals surface area contributed by atoms with Gasteiger partial charge < -0.3 is 25.7 Å². The van der Waals surface area contributed by atoms with Crippen molar-refractivity contribution in [2.75, 3.05) is 22.1 Å². The molecule has 9 nitrogen and oxygen atoms in total. The van der Waals surface area contributed by atoms with Crippen molar-refractivity contribution >= 4 is 77.7 Å². The summed E-state index contributed by atoms with van der Waals surface area (Å²) in [5, 5.41) is 46.4. The Bertz CT molecular complexity index is 3810. The van der Waals surface area contributed by atoms with Crippen LogP contribution in [-0.2, 0) is 15.0 Å². The van der Waals surface area contributed by atoms with Gasteiger partial charge in [0, 0.05) is 76.9 Å². The largest absolute Gasteiger partial charge is 0.871 e. The maximum Gasteiger partial charge on any atom is 0.235 e. The van der Waals surface area contributed by atoms with Gasteiger partial charge in [0.15, 0.2) is 11.6 Å². The molecule has 6 aromatic rings. The third-order valence-electron chi connectivity index (χ3n) is 16.4. The van der Waals surface area contributed by atoms with Crippen LogP contribution in [0.2, 0.25) is 0 Å². The van der Waals surface area contributed by atoms with Crippen molar-refractivity contribution in [3.8, 4) is 0 Å². The first kappa shape index (κ1) is 50.2. The summed E-state index contributed by atoms with van der Waals surface area (Å²) in [7, 11) is 0. The van der Waals surface area contributed by atoms with Gasteiger partial charge in [-0.1, -0.05) is 161 Å². The number of rotatable bonds is 13. The molecule has 0 saturated heterocycles. The van der Waals surface area contributed by atoms with E-state index < -0.39 is 16.7 Å². The number of allylic oxidation sites excluding steroid dienone is 6. The molecule has 0 spiro atoms. The molecule has 6 aromatic carbocycles. The molecule has 3 aliphatic heterocycles. The lowest BCUT2D eigenvalue weighted by molar-refractivity contribution is -0.589. The highest BCUT2D eigenvalue weighted by Crippen LogP contribution is 2.52. The lowest BCUT2D eigenvalue weighted by Gasteiger charge is -2.37. The Morgan fingerprint density at radius 3 is 1.72 bits per heavy atom. The summed E-state index contributed by atoms with van der Waals surface area (Å²) in [4.78, 5) is 40.2. The topological polar surface area (TPSA) is 136 Å². The average Bonchev–Trinajstić information content (AvgIpc) is 3.58. The molecule has 9 heteroatoms. The predicted molar refractivity (Wildman–Crippen MR) is 300 cm³/mol. The van der Waals surface area contributed by atoms with E-state index in [1.807, 2.05) is 42.5 Å². The molecule has 5 aliphatic rings. The van der Waals surface area contributed by atoms with E-state index in [-0.39, 0.29) is 57.2 Å². The van der Waals surface area contributed by atoms with Crippen LogP contribution in [0, 0.1) is 29.6 Å². The molecule has 0 aromatic heterocycles. The Labute approximate surface area is 441 Å². The molecule has 386 valence electrons. The van der Waals surface area contributed by atoms with Crippen molar-refractivity contribution in [2.45, 2.75) is 132 Å². The van der Waals surface area contributed by atoms with Gasteiger partial charge in [0.25, 0.3) is 0 Å². The van der Waals surface area contributed by atoms with Crippen molar-refractivity contribution in [3.63, 3.8) is 0 Å². The molecular formula is C66H73N5O4. The SMILES string of the molecule is CC(C)CCN1/C(=C\C2=C([O-])C(=c3\ccc4ccc(C5=C([O-])/C(=c6\ccc7cccc8c7c6=[NH+]C(CC(C)C)(CC(C)C)N8)C5=O)c5c4c3=[NH+]C(CC(C)C)(CC(C)C)N5)/C2=O)C(C)(C)c2c1ccc1ccccc21. The standard InChI is InChI=1S/C66H73N5O4/c1-35(2)28-29-71-49-27-23-40-16-13-14-18-43(40)56(49)64(11,12)50(71)30-47-60(72)53(61(47)73)44-25-21-42-22-26-46(59-52(42)58(44)69-66(70-59,33-38(7)8)34-39(9)10)55-62(74)54(63(55)75)45-24-20-41-17-15-19-48-51(41)57(45)68-65(67-48,31-36(3)4)32-37(5)6/h13-27,30,35-39,67,70,72,74H,28-29,31-34H2,1-12H3/b50-30-,53-44-,54-45-. The molecular weight excluding hydrogens is 927 g/mol. The molecule has 4 N–H and O–H groups in total. The number of ketones is 2. The van der Waals surface area contributed by atoms with Crippen LogP contribution < -0.4 is 56.9 Å². The smallest absolute Gasteiger partial charge is 0.235 e. The first-order chi connectivity index (χ1) is 35.6. The highest BCUT2D eigenvalue weighted by atomic mass is 16.3. The lowest BCUT2D eigenvalue weighted by atomic mass is 9.78. The van der Waals surface area contributed by atoms with Crippen molar-refractivity contribution in [2.24, 2.45) is 29.6 Å². The van der Waals surface area contributed by atoms with Crippen LogP contribution in [0.15, 0.2) is 120 Å². The van der Waals surface area contributed by atoms with Crippen LogP contribution in [0.4, 0.5) is 17.1 Å². The molecule has 11 rings (SSSR count). The van der Waals surface area contributed by atoms with Gasteiger partial charge in [-0.15, -0.1) is 0 Å². The molecule has 2 aliphatic carbocycles. The third-order valence-corrected chi connectivity index (χ3v) is 16.4. The number of carbonyl (C=O) groups is 2. The van der Waals surface area contributed by atoms with E-state index in [2.05, 4.69) is 163 Å². The van der Waals surface area contributed by atoms with Crippen LogP contribution in [0.3, 0.4) is 0 Å². The Balaban J connectivity index is 1.12. The number of nitrogens with zero attached hydrogens (tertiary/aromatic N) is 1. The molecule has 3 heterocycles. The van der Waals surface area contributed by atoms with E-state index in [4.69, 9.17) is 0 Å². The summed E-state index contributed by atoms with van der Waals surface area (Å²) in [5.74, 6) is 0.514. The zero-order valence-electron chi connectivity index (χ0n) is 45.9. The molecule has 0 bridgehead atoms. The average molecular weight is 1000 g/mol. The van der Waals surface area contributed by atoms with E-state index >= 15 is 9.90 Å². The van der Waals surface area contributed by atoms with Crippen molar-refractivity contribution in [1.29, 1.82) is 0 Å². The molecule has 0 fully saturated rings. The van der Waals surface area contributed by atoms with Gasteiger partial charge in [-0.05, 0) is 93.5 Å². The second-order valence-electron chi connectivity index (χ2n) is 25.0. The molecule has 0 unspecified atom stereocenters. The summed E-state index contributed by atoms with van der Waals surface area (Å²) >= 11 is 0. The Morgan fingerprint density at radius 2 is 1.12 bits per heavy atom. The highest BCUT2D eigenvalue weighted by molar-refractivity contribution is 6.52. The maximum absolute atomic E-state index is 15.1. The molecule has 0 amide bonds. The zero-order valence-corrected chi connectivity index (χ0v) is 45.9. The summed E-state index contributed by atoms with van der Waals surface area (Å²) in [5.41, 5.74) is 4.41. The fourth-order valence-electron chi connectivity index (χ4n) is 13.7. The van der Waals surface area contributed by atoms with Crippen molar-refractivity contribution < 1.29 is 29.8 Å². The van der Waals surface area contributed by atoms with Crippen LogP contribution >= 0.6 is 0 Å². The summed E-state index contributed by atoms with van der Waals surface area (Å²) in [6, 6.07) is 30.7. The maximum atomic E-state index is 15.1. The number of fused-ring (bicyclic) bond motifs is 3. The van der Waals surface area contributed by atoms with Gasteiger partial charge in [-0.25, -0.2) is 9.98 Å². The second-order valence-corrected chi connectivity index (χ2v) is 25.0. The van der Waals surface area contributed by atoms with Gasteiger partial charge >= 0.3 is 0 Å². The summed E-state index contributed by atoms with van der Waals surface area (Å²) in [6.45, 7) is 27.2. The number of hydrogen-bond acceptors (Lipinski definition) is 7. The number of Topliss-reactive ketones (excluding diaryl/α,β-unsaturated/α-hetero) is 2. The summed E-state index contributed by atoms with van der Waals surface area (Å²) in [6.07, 6.45) is 5.89. The van der Waals surface area contributed by atoms with Crippen LogP contribution in [0.1, 0.15) is 126 Å². The van der Waals surface area contributed by atoms with Crippen LogP contribution in [0.5, 0.6) is 0 Å². The van der Waals surface area contributed by atoms with E-state index in [0.29, 0.717) is 57.6 Å². The second kappa shape index (κ2) is 18.1. The Hall–Kier alpha value is -7.00. The highest BCUT2D eigenvalue weighted by Gasteiger charge is 2.46. The Morgan fingerprint density at radius 1 is 0.573 bits per heavy atom. The number of anilines is 3. The van der Waals surface area contributed by atoms with Crippen molar-refractivity contribution in [3.05, 3.63) is 152 Å². The molecule has 0 radical (unpaired) electrons. The number of nitrogens with one attached hydrogen (secondary N) is 4. The summed E-state index contributed by atoms with van der Waals surface area (Å²) < 4.78 is 0. The first-order valence-corrected chi connectivity index (χ1v) is 27.6. The fourth-order valence-corrected chi connectivity index (χ4v) is 13.7. The van der Waals surface area contributed by atoms with Gasteiger partial charge in [0.05, 0.1) is 32.6 Å². The normalized spacial score (nSPS) is 20.2. The van der Waals surface area contributed by atoms with E-state index in [0.717, 1.165) is 75.2 Å². The van der Waals surface area contributed by atoms with E-state index in [1.165, 1.54) is 10.9 Å². The van der Waals surface area contributed by atoms with E-state index in [1.54, 1.807) is 0 Å². The number of hydrogen-bond donors (Lipinski definition) is 4. The van der Waals surface area contributed by atoms with Gasteiger partial charge in [0.1, 0.15) is 0 Å². The lowest BCUT2D eigenvalue weighted by Crippen LogP contribution is -2.96. The monoisotopic (exact) mass is 1000 g/mol. The van der Waals surface area contributed by atoms with Gasteiger partial charge in [-0.3, -0.25) is 9.59 Å².